The number of para-hydroxylation sites is 2. The van der Waals surface area contributed by atoms with E-state index in [-0.39, 0.29) is 41.6 Å². The van der Waals surface area contributed by atoms with Gasteiger partial charge >= 0.3 is 0 Å². The van der Waals surface area contributed by atoms with Crippen LogP contribution >= 0.6 is 62.7 Å². The summed E-state index contributed by atoms with van der Waals surface area (Å²) in [6.07, 6.45) is 0.512. The monoisotopic (exact) mass is 1190 g/mol. The summed E-state index contributed by atoms with van der Waals surface area (Å²) in [7, 11) is 3.05. The lowest BCUT2D eigenvalue weighted by Crippen LogP contribution is -2.47. The SMILES string of the molecule is CNC(=O)C(Cc1ccc(-c2csc(Nc3ccccc3)n2)cc1)NC(=O)c1ccc(OC(C)C)c(Cl)c1.CNC(=O)C(Cc1ccc(C(=O)CBr)cc1)NC(=O)c1ccc(OC(C)C)c(Cl)c1.NC(=S)Nc1ccccc1. The number of likely N-dealkylation sites (N-methyl/N-ethyl adjacent to an activating group) is 2. The fraction of sp³-hybridized carbons (Fsp3) is 0.224. The molecule has 0 saturated carbocycles. The summed E-state index contributed by atoms with van der Waals surface area (Å²) in [6, 6.07) is 42.2. The van der Waals surface area contributed by atoms with Crippen LogP contribution in [0.25, 0.3) is 11.3 Å². The first-order chi connectivity index (χ1) is 37.3. The molecule has 0 aliphatic heterocycles. The molecule has 0 aliphatic carbocycles. The van der Waals surface area contributed by atoms with E-state index in [9.17, 15) is 24.0 Å². The van der Waals surface area contributed by atoms with Gasteiger partial charge in [0.1, 0.15) is 23.6 Å². The van der Waals surface area contributed by atoms with Crippen LogP contribution in [0.3, 0.4) is 0 Å². The molecule has 7 aromatic rings. The molecule has 1 aromatic heterocycles. The van der Waals surface area contributed by atoms with Crippen molar-refractivity contribution < 1.29 is 33.4 Å². The second kappa shape index (κ2) is 31.2. The molecule has 15 nitrogen and oxygen atoms in total. The number of ketones is 1. The molecule has 2 atom stereocenters. The molecule has 4 amide bonds. The Morgan fingerprint density at radius 1 is 0.628 bits per heavy atom. The first-order valence-electron chi connectivity index (χ1n) is 24.5. The Kier molecular flexibility index (Phi) is 24.6. The van der Waals surface area contributed by atoms with Crippen LogP contribution in [0.15, 0.2) is 151 Å². The number of carbonyl (C=O) groups excluding carboxylic acids is 5. The van der Waals surface area contributed by atoms with Gasteiger partial charge in [-0.15, -0.1) is 11.3 Å². The maximum absolute atomic E-state index is 12.9. The Hall–Kier alpha value is -7.35. The predicted molar refractivity (Wildman–Crippen MR) is 321 cm³/mol. The van der Waals surface area contributed by atoms with E-state index >= 15 is 0 Å². The number of Topliss-reactive ketones (excluding diaryl/α,β-unsaturated/α-hetero) is 1. The molecule has 8 N–H and O–H groups in total. The van der Waals surface area contributed by atoms with Crippen LogP contribution in [-0.4, -0.2) is 83.2 Å². The molecule has 0 radical (unpaired) electrons. The maximum Gasteiger partial charge on any atom is 0.251 e. The van der Waals surface area contributed by atoms with Crippen LogP contribution in [0.5, 0.6) is 11.5 Å². The topological polar surface area (TPSA) is 215 Å². The van der Waals surface area contributed by atoms with Crippen LogP contribution in [0.1, 0.15) is 69.9 Å². The number of carbonyl (C=O) groups is 5. The number of hydrogen-bond donors (Lipinski definition) is 7. The molecule has 408 valence electrons. The van der Waals surface area contributed by atoms with Gasteiger partial charge in [0, 0.05) is 65.9 Å². The minimum Gasteiger partial charge on any atom is -0.489 e. The Morgan fingerprint density at radius 2 is 1.06 bits per heavy atom. The molecule has 0 bridgehead atoms. The fourth-order valence-corrected chi connectivity index (χ4v) is 8.82. The summed E-state index contributed by atoms with van der Waals surface area (Å²) in [6.45, 7) is 7.56. The van der Waals surface area contributed by atoms with Crippen LogP contribution in [-0.2, 0) is 22.4 Å². The van der Waals surface area contributed by atoms with Crippen molar-refractivity contribution in [1.29, 1.82) is 0 Å². The number of ether oxygens (including phenoxy) is 2. The van der Waals surface area contributed by atoms with Crippen molar-refractivity contribution in [3.05, 3.63) is 189 Å². The number of thiazole rings is 1. The van der Waals surface area contributed by atoms with Crippen LogP contribution in [0.2, 0.25) is 10.0 Å². The number of halogens is 3. The van der Waals surface area contributed by atoms with E-state index in [0.717, 1.165) is 38.9 Å². The Labute approximate surface area is 482 Å². The fourth-order valence-electron chi connectivity index (χ4n) is 7.19. The zero-order chi connectivity index (χ0) is 56.7. The number of alkyl halides is 1. The van der Waals surface area contributed by atoms with E-state index in [1.54, 1.807) is 61.6 Å². The molecular formula is C58H61BrCl2N8O7S2. The first-order valence-corrected chi connectivity index (χ1v) is 27.7. The molecule has 7 rings (SSSR count). The molecule has 6 aromatic carbocycles. The minimum absolute atomic E-state index is 0.0283. The summed E-state index contributed by atoms with van der Waals surface area (Å²) in [4.78, 5) is 66.9. The molecule has 2 unspecified atom stereocenters. The Morgan fingerprint density at radius 3 is 1.47 bits per heavy atom. The van der Waals surface area contributed by atoms with Crippen molar-refractivity contribution in [2.75, 3.05) is 30.1 Å². The normalized spacial score (nSPS) is 11.3. The number of nitrogens with zero attached hydrogens (tertiary/aromatic N) is 1. The lowest BCUT2D eigenvalue weighted by atomic mass is 10.0. The van der Waals surface area contributed by atoms with Gasteiger partial charge in [0.05, 0.1) is 33.3 Å². The standard InChI is InChI=1S/C29H29ClN4O3S.C22H24BrClN2O4.C7H8N2S/c1-18(2)37-26-14-13-21(16-23(26)30)27(35)33-24(28(36)31-3)15-19-9-11-20(12-10-19)25-17-38-29(34-25)32-22-7-5-4-6-8-22;1-13(2)30-20-9-8-16(11-17(20)24)21(28)26-18(22(29)25-3)10-14-4-6-15(7-5-14)19(27)12-23;8-7(10)9-6-4-2-1-3-5-6/h4-14,16-18,24H,15H2,1-3H3,(H,31,36)(H,32,34)(H,33,35);4-9,11,13,18H,10,12H2,1-3H3,(H,25,29)(H,26,28);1-5H,(H3,8,9,10). The van der Waals surface area contributed by atoms with Gasteiger partial charge in [-0.3, -0.25) is 24.0 Å². The highest BCUT2D eigenvalue weighted by atomic mass is 79.9. The molecule has 0 spiro atoms. The van der Waals surface area contributed by atoms with Gasteiger partial charge in [-0.05, 0) is 112 Å². The van der Waals surface area contributed by atoms with Crippen molar-refractivity contribution in [1.82, 2.24) is 26.3 Å². The van der Waals surface area contributed by atoms with Gasteiger partial charge in [-0.25, -0.2) is 4.98 Å². The smallest absolute Gasteiger partial charge is 0.251 e. The molecule has 0 fully saturated rings. The summed E-state index contributed by atoms with van der Waals surface area (Å²) in [5, 5.41) is 20.9. The van der Waals surface area contributed by atoms with Crippen LogP contribution < -0.4 is 47.1 Å². The molecule has 1 heterocycles. The van der Waals surface area contributed by atoms with E-state index in [0.29, 0.717) is 49.8 Å². The third-order valence-corrected chi connectivity index (χ3v) is 12.9. The quantitative estimate of drug-likeness (QED) is 0.0216. The Bertz CT molecular complexity index is 3120. The van der Waals surface area contributed by atoms with E-state index in [1.165, 1.54) is 24.5 Å². The molecular weight excluding hydrogens is 1140 g/mol. The molecule has 78 heavy (non-hydrogen) atoms. The largest absolute Gasteiger partial charge is 0.489 e. The lowest BCUT2D eigenvalue weighted by Gasteiger charge is -2.18. The summed E-state index contributed by atoms with van der Waals surface area (Å²) < 4.78 is 11.2. The average Bonchev–Trinajstić information content (AvgIpc) is 3.90. The van der Waals surface area contributed by atoms with Crippen molar-refractivity contribution in [3.8, 4) is 22.8 Å². The van der Waals surface area contributed by atoms with Crippen LogP contribution in [0.4, 0.5) is 16.5 Å². The van der Waals surface area contributed by atoms with E-state index < -0.39 is 23.9 Å². The number of thiocarbonyl (C=S) groups is 1. The molecule has 0 aliphatic rings. The van der Waals surface area contributed by atoms with Crippen molar-refractivity contribution in [2.45, 2.75) is 64.8 Å². The van der Waals surface area contributed by atoms with Gasteiger partial charge in [0.2, 0.25) is 11.8 Å². The highest BCUT2D eigenvalue weighted by Gasteiger charge is 2.24. The Balaban J connectivity index is 0.000000248. The zero-order valence-corrected chi connectivity index (χ0v) is 48.4. The number of rotatable bonds is 20. The van der Waals surface area contributed by atoms with Gasteiger partial charge in [0.25, 0.3) is 11.8 Å². The first kappa shape index (κ1) is 61.5. The summed E-state index contributed by atoms with van der Waals surface area (Å²) >= 11 is 21.8. The third-order valence-electron chi connectivity index (χ3n) is 10.9. The van der Waals surface area contributed by atoms with E-state index in [1.807, 2.05) is 118 Å². The number of aromatic nitrogens is 1. The van der Waals surface area contributed by atoms with Gasteiger partial charge in [0.15, 0.2) is 16.0 Å². The molecule has 20 heteroatoms. The van der Waals surface area contributed by atoms with E-state index in [2.05, 4.69) is 65.0 Å². The van der Waals surface area contributed by atoms with Crippen LogP contribution in [0, 0.1) is 0 Å². The number of anilines is 3. The minimum atomic E-state index is -0.786. The second-order valence-electron chi connectivity index (χ2n) is 17.6. The number of amides is 4. The van der Waals surface area contributed by atoms with Gasteiger partial charge < -0.3 is 47.1 Å². The number of nitrogens with one attached hydrogen (secondary N) is 6. The molecule has 0 saturated heterocycles. The van der Waals surface area contributed by atoms with Gasteiger partial charge in [-0.1, -0.05) is 124 Å². The zero-order valence-electron chi connectivity index (χ0n) is 43.7. The number of nitrogens with two attached hydrogens (primary N) is 1. The van der Waals surface area contributed by atoms with Crippen molar-refractivity contribution >= 4 is 114 Å². The summed E-state index contributed by atoms with van der Waals surface area (Å²) in [5.74, 6) is -0.464. The van der Waals surface area contributed by atoms with Crippen molar-refractivity contribution in [3.63, 3.8) is 0 Å². The van der Waals surface area contributed by atoms with Crippen molar-refractivity contribution in [2.24, 2.45) is 5.73 Å². The second-order valence-corrected chi connectivity index (χ2v) is 20.3. The number of hydrogen-bond acceptors (Lipinski definition) is 11. The highest BCUT2D eigenvalue weighted by Crippen LogP contribution is 2.30. The highest BCUT2D eigenvalue weighted by molar-refractivity contribution is 9.09. The van der Waals surface area contributed by atoms with Gasteiger partial charge in [-0.2, -0.15) is 0 Å². The lowest BCUT2D eigenvalue weighted by molar-refractivity contribution is -0.123. The maximum atomic E-state index is 12.9. The summed E-state index contributed by atoms with van der Waals surface area (Å²) in [5.41, 5.74) is 11.9. The third kappa shape index (κ3) is 19.9. The predicted octanol–water partition coefficient (Wildman–Crippen LogP) is 11.2. The number of benzene rings is 6. The average molecular weight is 1200 g/mol. The van der Waals surface area contributed by atoms with E-state index in [4.69, 9.17) is 38.4 Å².